The maximum Gasteiger partial charge on any atom is 0.123 e. The Morgan fingerprint density at radius 2 is 2.53 bits per heavy atom. The van der Waals surface area contributed by atoms with Crippen molar-refractivity contribution in [2.24, 2.45) is 0 Å². The fraction of sp³-hybridized carbons (Fsp3) is 0.364. The lowest BCUT2D eigenvalue weighted by atomic mass is 10.1. The zero-order valence-corrected chi connectivity index (χ0v) is 9.55. The van der Waals surface area contributed by atoms with Gasteiger partial charge in [-0.3, -0.25) is 0 Å². The molecule has 0 aliphatic rings. The van der Waals surface area contributed by atoms with Crippen LogP contribution in [0.2, 0.25) is 0 Å². The molecule has 3 nitrogen and oxygen atoms in total. The molecule has 0 radical (unpaired) electrons. The van der Waals surface area contributed by atoms with Crippen LogP contribution in [-0.4, -0.2) is 16.5 Å². The fourth-order valence-electron chi connectivity index (χ4n) is 1.61. The first-order valence-electron chi connectivity index (χ1n) is 5.15. The molecule has 2 rings (SSSR count). The van der Waals surface area contributed by atoms with Crippen LogP contribution in [0.1, 0.15) is 23.7 Å². The quantitative estimate of drug-likeness (QED) is 0.813. The number of nitrogens with zero attached hydrogens (tertiary/aromatic N) is 1. The van der Waals surface area contributed by atoms with E-state index in [0.29, 0.717) is 6.04 Å². The van der Waals surface area contributed by atoms with Gasteiger partial charge in [0.15, 0.2) is 0 Å². The first-order valence-corrected chi connectivity index (χ1v) is 6.03. The number of rotatable bonds is 5. The van der Waals surface area contributed by atoms with Crippen molar-refractivity contribution in [2.75, 3.05) is 6.54 Å². The van der Waals surface area contributed by atoms with Crippen LogP contribution in [0.4, 0.5) is 0 Å². The third-order valence-electron chi connectivity index (χ3n) is 2.29. The third-order valence-corrected chi connectivity index (χ3v) is 3.18. The molecule has 0 saturated carbocycles. The smallest absolute Gasteiger partial charge is 0.123 e. The van der Waals surface area contributed by atoms with Crippen molar-refractivity contribution in [3.63, 3.8) is 0 Å². The van der Waals surface area contributed by atoms with Gasteiger partial charge >= 0.3 is 0 Å². The molecule has 0 saturated heterocycles. The van der Waals surface area contributed by atoms with Crippen LogP contribution < -0.4 is 5.32 Å². The summed E-state index contributed by atoms with van der Waals surface area (Å²) in [5.41, 5.74) is 0. The molecule has 1 unspecified atom stereocenters. The Labute approximate surface area is 93.6 Å². The van der Waals surface area contributed by atoms with Gasteiger partial charge in [0, 0.05) is 23.7 Å². The van der Waals surface area contributed by atoms with Crippen LogP contribution in [0.25, 0.3) is 0 Å². The molecule has 80 valence electrons. The van der Waals surface area contributed by atoms with Gasteiger partial charge in [0.1, 0.15) is 5.82 Å². The average Bonchev–Trinajstić information content (AvgIpc) is 2.89. The fourth-order valence-corrected chi connectivity index (χ4v) is 2.36. The lowest BCUT2D eigenvalue weighted by molar-refractivity contribution is 0.529. The number of imidazole rings is 1. The second kappa shape index (κ2) is 5.09. The summed E-state index contributed by atoms with van der Waals surface area (Å²) in [7, 11) is 0. The standard InChI is InChI=1S/C11H15N3S/c1-2-12-10(11-13-5-6-14-11)8-9-4-3-7-15-9/h3-7,10,12H,2,8H2,1H3,(H,13,14). The number of hydrogen-bond donors (Lipinski definition) is 2. The number of aromatic nitrogens is 2. The molecule has 0 bridgehead atoms. The number of likely N-dealkylation sites (N-methyl/N-ethyl adjacent to an activating group) is 1. The molecule has 0 amide bonds. The highest BCUT2D eigenvalue weighted by molar-refractivity contribution is 7.09. The number of aromatic amines is 1. The monoisotopic (exact) mass is 221 g/mol. The van der Waals surface area contributed by atoms with E-state index in [0.717, 1.165) is 18.8 Å². The van der Waals surface area contributed by atoms with Crippen molar-refractivity contribution in [3.8, 4) is 0 Å². The van der Waals surface area contributed by atoms with E-state index in [-0.39, 0.29) is 0 Å². The number of H-pyrrole nitrogens is 1. The first kappa shape index (κ1) is 10.4. The molecule has 2 aromatic heterocycles. The van der Waals surface area contributed by atoms with Gasteiger partial charge < -0.3 is 10.3 Å². The maximum atomic E-state index is 4.30. The summed E-state index contributed by atoms with van der Waals surface area (Å²) in [5.74, 6) is 1.02. The number of nitrogens with one attached hydrogen (secondary N) is 2. The molecule has 0 aromatic carbocycles. The highest BCUT2D eigenvalue weighted by Crippen LogP contribution is 2.18. The van der Waals surface area contributed by atoms with E-state index < -0.39 is 0 Å². The summed E-state index contributed by atoms with van der Waals surface area (Å²) in [5, 5.41) is 5.55. The molecule has 2 aromatic rings. The van der Waals surface area contributed by atoms with Crippen LogP contribution >= 0.6 is 11.3 Å². The molecule has 0 aliphatic heterocycles. The zero-order chi connectivity index (χ0) is 10.5. The second-order valence-electron chi connectivity index (χ2n) is 3.37. The van der Waals surface area contributed by atoms with E-state index in [2.05, 4.69) is 39.7 Å². The summed E-state index contributed by atoms with van der Waals surface area (Å²) < 4.78 is 0. The summed E-state index contributed by atoms with van der Waals surface area (Å²) in [4.78, 5) is 8.85. The van der Waals surface area contributed by atoms with Crippen molar-refractivity contribution in [1.29, 1.82) is 0 Å². The van der Waals surface area contributed by atoms with Crippen LogP contribution in [0.3, 0.4) is 0 Å². The molecule has 4 heteroatoms. The van der Waals surface area contributed by atoms with Crippen LogP contribution in [0.5, 0.6) is 0 Å². The molecule has 0 spiro atoms. The Morgan fingerprint density at radius 3 is 3.13 bits per heavy atom. The van der Waals surface area contributed by atoms with Gasteiger partial charge in [0.25, 0.3) is 0 Å². The second-order valence-corrected chi connectivity index (χ2v) is 4.40. The summed E-state index contributed by atoms with van der Waals surface area (Å²) >= 11 is 1.79. The van der Waals surface area contributed by atoms with E-state index in [9.17, 15) is 0 Å². The molecule has 1 atom stereocenters. The maximum absolute atomic E-state index is 4.30. The molecule has 0 fully saturated rings. The Morgan fingerprint density at radius 1 is 1.60 bits per heavy atom. The van der Waals surface area contributed by atoms with E-state index in [4.69, 9.17) is 0 Å². The lowest BCUT2D eigenvalue weighted by Crippen LogP contribution is -2.23. The normalized spacial score (nSPS) is 12.9. The predicted molar refractivity (Wildman–Crippen MR) is 63.0 cm³/mol. The Hall–Kier alpha value is -1.13. The average molecular weight is 221 g/mol. The minimum atomic E-state index is 0.295. The highest BCUT2D eigenvalue weighted by Gasteiger charge is 2.13. The van der Waals surface area contributed by atoms with Gasteiger partial charge in [-0.05, 0) is 18.0 Å². The highest BCUT2D eigenvalue weighted by atomic mass is 32.1. The Balaban J connectivity index is 2.07. The summed E-state index contributed by atoms with van der Waals surface area (Å²) in [6.07, 6.45) is 4.67. The third kappa shape index (κ3) is 2.67. The minimum absolute atomic E-state index is 0.295. The van der Waals surface area contributed by atoms with Gasteiger partial charge in [0.2, 0.25) is 0 Å². The molecule has 0 aliphatic carbocycles. The summed E-state index contributed by atoms with van der Waals surface area (Å²) in [6.45, 7) is 3.07. The topological polar surface area (TPSA) is 40.7 Å². The predicted octanol–water partition coefficient (Wildman–Crippen LogP) is 2.36. The molecule has 2 N–H and O–H groups in total. The van der Waals surface area contributed by atoms with Crippen molar-refractivity contribution < 1.29 is 0 Å². The zero-order valence-electron chi connectivity index (χ0n) is 8.73. The van der Waals surface area contributed by atoms with E-state index in [1.807, 2.05) is 6.20 Å². The van der Waals surface area contributed by atoms with Crippen LogP contribution in [-0.2, 0) is 6.42 Å². The van der Waals surface area contributed by atoms with Crippen molar-refractivity contribution in [3.05, 3.63) is 40.6 Å². The van der Waals surface area contributed by atoms with E-state index in [1.165, 1.54) is 4.88 Å². The Kier molecular flexibility index (Phi) is 3.53. The Bertz CT molecular complexity index is 366. The van der Waals surface area contributed by atoms with Crippen molar-refractivity contribution in [2.45, 2.75) is 19.4 Å². The number of hydrogen-bond acceptors (Lipinski definition) is 3. The largest absolute Gasteiger partial charge is 0.347 e. The molecular formula is C11H15N3S. The number of thiophene rings is 1. The van der Waals surface area contributed by atoms with Gasteiger partial charge in [-0.25, -0.2) is 4.98 Å². The van der Waals surface area contributed by atoms with Crippen molar-refractivity contribution in [1.82, 2.24) is 15.3 Å². The van der Waals surface area contributed by atoms with Gasteiger partial charge in [-0.15, -0.1) is 11.3 Å². The SMILES string of the molecule is CCNC(Cc1cccs1)c1ncc[nH]1. The van der Waals surface area contributed by atoms with Crippen molar-refractivity contribution >= 4 is 11.3 Å². The van der Waals surface area contributed by atoms with E-state index in [1.54, 1.807) is 17.5 Å². The lowest BCUT2D eigenvalue weighted by Gasteiger charge is -2.14. The van der Waals surface area contributed by atoms with Gasteiger partial charge in [-0.1, -0.05) is 13.0 Å². The summed E-state index contributed by atoms with van der Waals surface area (Å²) in [6, 6.07) is 4.55. The molecule has 15 heavy (non-hydrogen) atoms. The minimum Gasteiger partial charge on any atom is -0.347 e. The first-order chi connectivity index (χ1) is 7.40. The molecule has 2 heterocycles. The van der Waals surface area contributed by atoms with Crippen LogP contribution in [0, 0.1) is 0 Å². The van der Waals surface area contributed by atoms with Gasteiger partial charge in [-0.2, -0.15) is 0 Å². The van der Waals surface area contributed by atoms with Gasteiger partial charge in [0.05, 0.1) is 6.04 Å². The van der Waals surface area contributed by atoms with Crippen LogP contribution in [0.15, 0.2) is 29.9 Å². The molecular weight excluding hydrogens is 206 g/mol. The van der Waals surface area contributed by atoms with E-state index >= 15 is 0 Å².